The number of likely N-dealkylation sites (tertiary alicyclic amines) is 1. The van der Waals surface area contributed by atoms with E-state index in [0.717, 1.165) is 11.1 Å². The first kappa shape index (κ1) is 27.6. The van der Waals surface area contributed by atoms with Crippen LogP contribution in [0.3, 0.4) is 0 Å². The number of ether oxygens (including phenoxy) is 2. The van der Waals surface area contributed by atoms with Crippen molar-refractivity contribution in [3.8, 4) is 5.75 Å². The minimum Gasteiger partial charge on any atom is -0.507 e. The fourth-order valence-electron chi connectivity index (χ4n) is 4.78. The van der Waals surface area contributed by atoms with Gasteiger partial charge in [-0.1, -0.05) is 63.2 Å². The standard InChI is InChI=1S/C32H33NO6/c1-6-39-31(37)22-14-12-20(13-15-22)19-33-27(21-10-8-7-9-11-21)26(29(35)30(33)36)28(34)23-16-17-25(38-5)24(18-23)32(2,3)4/h7-18,27,34H,6,19H2,1-5H3/b28-26-. The molecule has 1 aliphatic rings. The van der Waals surface area contributed by atoms with Crippen molar-refractivity contribution in [2.45, 2.75) is 45.7 Å². The highest BCUT2D eigenvalue weighted by Crippen LogP contribution is 2.41. The van der Waals surface area contributed by atoms with Crippen molar-refractivity contribution in [1.82, 2.24) is 4.90 Å². The molecule has 0 saturated carbocycles. The molecule has 1 N–H and O–H groups in total. The zero-order valence-electron chi connectivity index (χ0n) is 22.9. The van der Waals surface area contributed by atoms with Gasteiger partial charge in [0.25, 0.3) is 11.7 Å². The number of rotatable bonds is 7. The minimum atomic E-state index is -0.795. The van der Waals surface area contributed by atoms with Crippen LogP contribution in [0.4, 0.5) is 0 Å². The summed E-state index contributed by atoms with van der Waals surface area (Å²) in [6.07, 6.45) is 0. The van der Waals surface area contributed by atoms with Crippen LogP contribution < -0.4 is 4.74 Å². The van der Waals surface area contributed by atoms with Crippen LogP contribution in [-0.2, 0) is 26.3 Å². The monoisotopic (exact) mass is 527 g/mol. The summed E-state index contributed by atoms with van der Waals surface area (Å²) < 4.78 is 10.6. The summed E-state index contributed by atoms with van der Waals surface area (Å²) in [7, 11) is 1.59. The van der Waals surface area contributed by atoms with E-state index in [0.29, 0.717) is 22.4 Å². The summed E-state index contributed by atoms with van der Waals surface area (Å²) in [5, 5.41) is 11.5. The molecule has 1 saturated heterocycles. The molecule has 0 aliphatic carbocycles. The van der Waals surface area contributed by atoms with E-state index in [4.69, 9.17) is 9.47 Å². The second kappa shape index (κ2) is 11.2. The number of hydrogen-bond donors (Lipinski definition) is 1. The van der Waals surface area contributed by atoms with Crippen LogP contribution in [0.1, 0.15) is 66.3 Å². The van der Waals surface area contributed by atoms with Gasteiger partial charge in [0.1, 0.15) is 11.5 Å². The second-order valence-corrected chi connectivity index (χ2v) is 10.4. The Labute approximate surface area is 228 Å². The fourth-order valence-corrected chi connectivity index (χ4v) is 4.78. The fraction of sp³-hybridized carbons (Fsp3) is 0.281. The molecule has 3 aromatic rings. The van der Waals surface area contributed by atoms with Gasteiger partial charge in [0.15, 0.2) is 0 Å². The predicted octanol–water partition coefficient (Wildman–Crippen LogP) is 5.79. The number of carbonyl (C=O) groups is 3. The second-order valence-electron chi connectivity index (χ2n) is 10.4. The first-order valence-corrected chi connectivity index (χ1v) is 12.8. The van der Waals surface area contributed by atoms with E-state index < -0.39 is 23.7 Å². The van der Waals surface area contributed by atoms with Gasteiger partial charge in [0, 0.05) is 17.7 Å². The number of ketones is 1. The molecule has 7 nitrogen and oxygen atoms in total. The lowest BCUT2D eigenvalue weighted by molar-refractivity contribution is -0.140. The highest BCUT2D eigenvalue weighted by Gasteiger charge is 2.46. The number of aliphatic hydroxyl groups excluding tert-OH is 1. The van der Waals surface area contributed by atoms with Crippen molar-refractivity contribution in [3.63, 3.8) is 0 Å². The summed E-state index contributed by atoms with van der Waals surface area (Å²) in [5.41, 5.74) is 2.86. The molecule has 1 aliphatic heterocycles. The molecule has 0 bridgehead atoms. The lowest BCUT2D eigenvalue weighted by Gasteiger charge is -2.26. The molecule has 1 fully saturated rings. The van der Waals surface area contributed by atoms with Gasteiger partial charge < -0.3 is 19.5 Å². The van der Waals surface area contributed by atoms with E-state index in [1.54, 1.807) is 56.5 Å². The van der Waals surface area contributed by atoms with E-state index in [2.05, 4.69) is 0 Å². The summed E-state index contributed by atoms with van der Waals surface area (Å²) in [6, 6.07) is 20.3. The van der Waals surface area contributed by atoms with E-state index in [1.807, 2.05) is 51.1 Å². The maximum atomic E-state index is 13.4. The van der Waals surface area contributed by atoms with E-state index in [9.17, 15) is 19.5 Å². The van der Waals surface area contributed by atoms with Crippen molar-refractivity contribution in [2.24, 2.45) is 0 Å². The Balaban J connectivity index is 1.79. The molecule has 1 heterocycles. The molecule has 7 heteroatoms. The van der Waals surface area contributed by atoms with Crippen molar-refractivity contribution < 1.29 is 29.0 Å². The lowest BCUT2D eigenvalue weighted by atomic mass is 9.84. The molecule has 0 spiro atoms. The molecule has 4 rings (SSSR count). The van der Waals surface area contributed by atoms with E-state index in [1.165, 1.54) is 4.90 Å². The van der Waals surface area contributed by atoms with Gasteiger partial charge in [-0.15, -0.1) is 0 Å². The molecule has 1 amide bonds. The molecule has 39 heavy (non-hydrogen) atoms. The third-order valence-corrected chi connectivity index (χ3v) is 6.75. The Morgan fingerprint density at radius 1 is 0.949 bits per heavy atom. The van der Waals surface area contributed by atoms with Crippen LogP contribution in [-0.4, -0.2) is 41.4 Å². The highest BCUT2D eigenvalue weighted by molar-refractivity contribution is 6.46. The van der Waals surface area contributed by atoms with Crippen molar-refractivity contribution in [1.29, 1.82) is 0 Å². The number of methoxy groups -OCH3 is 1. The Bertz CT molecular complexity index is 1420. The molecule has 1 unspecified atom stereocenters. The SMILES string of the molecule is CCOC(=O)c1ccc(CN2C(=O)C(=O)/C(=C(\O)c3ccc(OC)c(C(C)(C)C)c3)C2c2ccccc2)cc1. The maximum Gasteiger partial charge on any atom is 0.338 e. The zero-order valence-corrected chi connectivity index (χ0v) is 22.9. The first-order valence-electron chi connectivity index (χ1n) is 12.8. The topological polar surface area (TPSA) is 93.1 Å². The summed E-state index contributed by atoms with van der Waals surface area (Å²) in [4.78, 5) is 40.3. The highest BCUT2D eigenvalue weighted by atomic mass is 16.5. The summed E-state index contributed by atoms with van der Waals surface area (Å²) in [5.74, 6) is -1.45. The van der Waals surface area contributed by atoms with E-state index >= 15 is 0 Å². The quantitative estimate of drug-likeness (QED) is 0.181. The average Bonchev–Trinajstić information content (AvgIpc) is 3.17. The van der Waals surface area contributed by atoms with E-state index in [-0.39, 0.29) is 29.9 Å². The van der Waals surface area contributed by atoms with Crippen LogP contribution in [0.25, 0.3) is 5.76 Å². The Morgan fingerprint density at radius 2 is 1.59 bits per heavy atom. The van der Waals surface area contributed by atoms with Gasteiger partial charge in [0.2, 0.25) is 0 Å². The van der Waals surface area contributed by atoms with Crippen LogP contribution in [0, 0.1) is 0 Å². The molecule has 0 aromatic heterocycles. The predicted molar refractivity (Wildman–Crippen MR) is 148 cm³/mol. The smallest absolute Gasteiger partial charge is 0.338 e. The van der Waals surface area contributed by atoms with Gasteiger partial charge in [-0.2, -0.15) is 0 Å². The molecular weight excluding hydrogens is 494 g/mol. The number of hydrogen-bond acceptors (Lipinski definition) is 6. The van der Waals surface area contributed by atoms with Crippen LogP contribution >= 0.6 is 0 Å². The molecule has 1 atom stereocenters. The van der Waals surface area contributed by atoms with Gasteiger partial charge in [-0.25, -0.2) is 4.79 Å². The number of aliphatic hydroxyl groups is 1. The van der Waals surface area contributed by atoms with Gasteiger partial charge in [0.05, 0.1) is 30.9 Å². The minimum absolute atomic E-state index is 0.0272. The van der Waals surface area contributed by atoms with Gasteiger partial charge in [-0.05, 0) is 53.8 Å². The average molecular weight is 528 g/mol. The lowest BCUT2D eigenvalue weighted by Crippen LogP contribution is -2.29. The number of amides is 1. The normalized spacial score (nSPS) is 16.8. The van der Waals surface area contributed by atoms with Crippen molar-refractivity contribution in [2.75, 3.05) is 13.7 Å². The third-order valence-electron chi connectivity index (χ3n) is 6.75. The zero-order chi connectivity index (χ0) is 28.3. The molecule has 3 aromatic carbocycles. The Hall–Kier alpha value is -4.39. The van der Waals surface area contributed by atoms with Gasteiger partial charge in [-0.3, -0.25) is 9.59 Å². The van der Waals surface area contributed by atoms with Crippen LogP contribution in [0.2, 0.25) is 0 Å². The number of carbonyl (C=O) groups excluding carboxylic acids is 3. The first-order chi connectivity index (χ1) is 18.6. The number of nitrogens with zero attached hydrogens (tertiary/aromatic N) is 1. The van der Waals surface area contributed by atoms with Crippen LogP contribution in [0.15, 0.2) is 78.4 Å². The number of esters is 1. The molecule has 202 valence electrons. The third kappa shape index (κ3) is 5.58. The summed E-state index contributed by atoms with van der Waals surface area (Å²) in [6.45, 7) is 8.22. The number of Topliss-reactive ketones (excluding diaryl/α,β-unsaturated/α-hetero) is 1. The number of benzene rings is 3. The van der Waals surface area contributed by atoms with Gasteiger partial charge >= 0.3 is 5.97 Å². The van der Waals surface area contributed by atoms with Crippen LogP contribution in [0.5, 0.6) is 5.75 Å². The van der Waals surface area contributed by atoms with Crippen molar-refractivity contribution in [3.05, 3.63) is 106 Å². The molecule has 0 radical (unpaired) electrons. The molecular formula is C32H33NO6. The van der Waals surface area contributed by atoms with Crippen molar-refractivity contribution >= 4 is 23.4 Å². The Morgan fingerprint density at radius 3 is 2.18 bits per heavy atom. The Kier molecular flexibility index (Phi) is 7.90. The summed E-state index contributed by atoms with van der Waals surface area (Å²) >= 11 is 0. The largest absolute Gasteiger partial charge is 0.507 e. The maximum absolute atomic E-state index is 13.4.